The lowest BCUT2D eigenvalue weighted by Crippen LogP contribution is -2.01. The summed E-state index contributed by atoms with van der Waals surface area (Å²) in [6, 6.07) is 3.30. The highest BCUT2D eigenvalue weighted by Crippen LogP contribution is 2.42. The number of fused-ring (bicyclic) bond motifs is 2. The summed E-state index contributed by atoms with van der Waals surface area (Å²) in [4.78, 5) is 24.5. The second-order valence-electron chi connectivity index (χ2n) is 4.29. The Morgan fingerprint density at radius 2 is 1.15 bits per heavy atom. The van der Waals surface area contributed by atoms with Crippen molar-refractivity contribution in [1.29, 1.82) is 0 Å². The van der Waals surface area contributed by atoms with Crippen molar-refractivity contribution in [2.24, 2.45) is 0 Å². The predicted molar refractivity (Wildman–Crippen MR) is 84.9 cm³/mol. The van der Waals surface area contributed by atoms with E-state index in [1.807, 2.05) is 0 Å². The van der Waals surface area contributed by atoms with E-state index in [4.69, 9.17) is 9.47 Å². The van der Waals surface area contributed by atoms with Crippen molar-refractivity contribution in [2.75, 3.05) is 14.2 Å². The van der Waals surface area contributed by atoms with Crippen molar-refractivity contribution >= 4 is 53.4 Å². The van der Waals surface area contributed by atoms with E-state index >= 15 is 0 Å². The van der Waals surface area contributed by atoms with E-state index in [9.17, 15) is 9.59 Å². The maximum atomic E-state index is 12.2. The van der Waals surface area contributed by atoms with Crippen LogP contribution in [0, 0.1) is 0 Å². The second-order valence-corrected chi connectivity index (χ2v) is 6.00. The van der Waals surface area contributed by atoms with Gasteiger partial charge in [-0.25, -0.2) is 0 Å². The molecule has 20 heavy (non-hydrogen) atoms. The first-order valence-electron chi connectivity index (χ1n) is 5.67. The molecule has 3 aromatic rings. The summed E-state index contributed by atoms with van der Waals surface area (Å²) in [6.07, 6.45) is 0. The molecule has 0 amide bonds. The van der Waals surface area contributed by atoms with Crippen LogP contribution in [0.25, 0.3) is 21.5 Å². The zero-order chi connectivity index (χ0) is 14.6. The lowest BCUT2D eigenvalue weighted by Gasteiger charge is -2.08. The first-order valence-corrected chi connectivity index (χ1v) is 7.25. The lowest BCUT2D eigenvalue weighted by atomic mass is 10.1. The third kappa shape index (κ3) is 1.58. The molecule has 0 aliphatic rings. The van der Waals surface area contributed by atoms with Crippen molar-refractivity contribution < 1.29 is 9.47 Å². The van der Waals surface area contributed by atoms with E-state index in [2.05, 4.69) is 31.9 Å². The largest absolute Gasteiger partial charge is 0.495 e. The number of benzene rings is 1. The van der Waals surface area contributed by atoms with Crippen LogP contribution in [0.3, 0.4) is 0 Å². The molecule has 0 fully saturated rings. The van der Waals surface area contributed by atoms with Crippen LogP contribution >= 0.6 is 31.9 Å². The van der Waals surface area contributed by atoms with Gasteiger partial charge in [0.25, 0.3) is 0 Å². The molecule has 0 radical (unpaired) electrons. The molecule has 0 aliphatic heterocycles. The topological polar surface area (TPSA) is 52.6 Å². The minimum Gasteiger partial charge on any atom is -0.495 e. The van der Waals surface area contributed by atoms with Crippen LogP contribution in [-0.2, 0) is 0 Å². The van der Waals surface area contributed by atoms with Crippen LogP contribution in [0.4, 0.5) is 0 Å². The Hall–Kier alpha value is -1.40. The maximum absolute atomic E-state index is 12.2. The summed E-state index contributed by atoms with van der Waals surface area (Å²) < 4.78 is 11.6. The molecular weight excluding hydrogens is 392 g/mol. The van der Waals surface area contributed by atoms with Gasteiger partial charge in [-0.1, -0.05) is 0 Å². The fourth-order valence-corrected chi connectivity index (χ4v) is 3.37. The molecule has 0 saturated heterocycles. The normalized spacial score (nSPS) is 11.4. The van der Waals surface area contributed by atoms with Gasteiger partial charge in [0.15, 0.2) is 0 Å². The summed E-state index contributed by atoms with van der Waals surface area (Å²) in [6.45, 7) is 0. The molecule has 0 bridgehead atoms. The summed E-state index contributed by atoms with van der Waals surface area (Å²) >= 11 is 6.44. The Morgan fingerprint density at radius 1 is 0.800 bits per heavy atom. The van der Waals surface area contributed by atoms with Crippen molar-refractivity contribution in [3.8, 4) is 11.5 Å². The van der Waals surface area contributed by atoms with Gasteiger partial charge in [0, 0.05) is 10.8 Å². The van der Waals surface area contributed by atoms with E-state index in [0.29, 0.717) is 42.0 Å². The number of ether oxygens (including phenoxy) is 2. The molecular formula is C14H8Br2O4. The molecule has 3 rings (SSSR count). The number of hydrogen-bond donors (Lipinski definition) is 0. The quantitative estimate of drug-likeness (QED) is 0.664. The Kier molecular flexibility index (Phi) is 3.10. The van der Waals surface area contributed by atoms with Crippen molar-refractivity contribution in [3.05, 3.63) is 41.5 Å². The Morgan fingerprint density at radius 3 is 1.45 bits per heavy atom. The van der Waals surface area contributed by atoms with Gasteiger partial charge in [-0.05, 0) is 44.0 Å². The minimum absolute atomic E-state index is 0.179. The summed E-state index contributed by atoms with van der Waals surface area (Å²) in [7, 11) is 2.96. The third-order valence-electron chi connectivity index (χ3n) is 3.32. The first kappa shape index (κ1) is 13.6. The van der Waals surface area contributed by atoms with Gasteiger partial charge >= 0.3 is 0 Å². The predicted octanol–water partition coefficient (Wildman–Crippen LogP) is 3.13. The minimum atomic E-state index is -0.179. The zero-order valence-corrected chi connectivity index (χ0v) is 13.7. The SMILES string of the molecule is COc1c2cc(Br)c(=O)c2c(OC)c2cc(Br)c(=O)c12. The maximum Gasteiger partial charge on any atom is 0.204 e. The number of methoxy groups -OCH3 is 2. The van der Waals surface area contributed by atoms with Gasteiger partial charge in [-0.15, -0.1) is 0 Å². The summed E-state index contributed by atoms with van der Waals surface area (Å²) in [5.41, 5.74) is -0.358. The molecule has 0 atom stereocenters. The van der Waals surface area contributed by atoms with Gasteiger partial charge in [0.2, 0.25) is 10.9 Å². The van der Waals surface area contributed by atoms with Crippen LogP contribution in [0.1, 0.15) is 0 Å². The van der Waals surface area contributed by atoms with Crippen molar-refractivity contribution in [3.63, 3.8) is 0 Å². The highest BCUT2D eigenvalue weighted by atomic mass is 79.9. The zero-order valence-electron chi connectivity index (χ0n) is 10.5. The lowest BCUT2D eigenvalue weighted by molar-refractivity contribution is 0.418. The van der Waals surface area contributed by atoms with E-state index in [0.717, 1.165) is 0 Å². The number of rotatable bonds is 2. The molecule has 0 unspecified atom stereocenters. The molecule has 0 aromatic heterocycles. The Labute approximate surface area is 130 Å². The Balaban J connectivity index is 2.75. The van der Waals surface area contributed by atoms with E-state index in [1.165, 1.54) is 14.2 Å². The van der Waals surface area contributed by atoms with Crippen molar-refractivity contribution in [1.82, 2.24) is 0 Å². The number of halogens is 2. The summed E-state index contributed by atoms with van der Waals surface area (Å²) in [5, 5.41) is 1.98. The average molecular weight is 400 g/mol. The van der Waals surface area contributed by atoms with Crippen LogP contribution in [0.2, 0.25) is 0 Å². The van der Waals surface area contributed by atoms with Gasteiger partial charge in [0.1, 0.15) is 11.5 Å². The second kappa shape index (κ2) is 4.56. The monoisotopic (exact) mass is 398 g/mol. The molecule has 0 spiro atoms. The summed E-state index contributed by atoms with van der Waals surface area (Å²) in [5.74, 6) is 0.795. The van der Waals surface area contributed by atoms with Gasteiger partial charge in [-0.2, -0.15) is 0 Å². The smallest absolute Gasteiger partial charge is 0.204 e. The first-order chi connectivity index (χ1) is 9.51. The van der Waals surface area contributed by atoms with Crippen LogP contribution in [0.15, 0.2) is 30.7 Å². The fourth-order valence-electron chi connectivity index (χ4n) is 2.51. The third-order valence-corrected chi connectivity index (χ3v) is 4.50. The number of hydrogen-bond acceptors (Lipinski definition) is 4. The van der Waals surface area contributed by atoms with Crippen LogP contribution < -0.4 is 20.3 Å². The van der Waals surface area contributed by atoms with E-state index in [1.54, 1.807) is 12.1 Å². The standard InChI is InChI=1S/C14H8Br2O4/c1-19-13-5-3-7(15)12(18)10(5)14(20-2)6-4-8(16)11(17)9(6)13/h3-4H,1-2H3. The molecule has 3 aromatic carbocycles. The molecule has 0 heterocycles. The van der Waals surface area contributed by atoms with Gasteiger partial charge in [-0.3, -0.25) is 9.59 Å². The van der Waals surface area contributed by atoms with Gasteiger partial charge < -0.3 is 9.47 Å². The molecule has 6 heteroatoms. The van der Waals surface area contributed by atoms with Crippen LogP contribution in [0.5, 0.6) is 11.5 Å². The molecule has 4 nitrogen and oxygen atoms in total. The Bertz CT molecular complexity index is 858. The van der Waals surface area contributed by atoms with Crippen LogP contribution in [-0.4, -0.2) is 14.2 Å². The van der Waals surface area contributed by atoms with E-state index in [-0.39, 0.29) is 10.9 Å². The fraction of sp³-hybridized carbons (Fsp3) is 0.143. The highest BCUT2D eigenvalue weighted by molar-refractivity contribution is 9.10. The molecule has 102 valence electrons. The molecule has 0 N–H and O–H groups in total. The molecule has 0 saturated carbocycles. The highest BCUT2D eigenvalue weighted by Gasteiger charge is 2.24. The van der Waals surface area contributed by atoms with E-state index < -0.39 is 0 Å². The average Bonchev–Trinajstić information content (AvgIpc) is 2.88. The van der Waals surface area contributed by atoms with Crippen molar-refractivity contribution in [2.45, 2.75) is 0 Å². The van der Waals surface area contributed by atoms with Gasteiger partial charge in [0.05, 0.1) is 33.9 Å². The molecule has 0 aliphatic carbocycles.